The number of hydrogen-bond acceptors (Lipinski definition) is 1. The molecular weight excluding hydrogens is 88.8 g/mol. The fourth-order valence-electron chi connectivity index (χ4n) is 0. The highest BCUT2D eigenvalue weighted by Gasteiger charge is 1.81. The molecule has 0 heterocycles. The Morgan fingerprint density at radius 3 is 1.50 bits per heavy atom. The van der Waals surface area contributed by atoms with Crippen LogP contribution in [0.2, 0.25) is 0 Å². The quantitative estimate of drug-likeness (QED) is 0.323. The Bertz CT molecular complexity index is 10.8. The van der Waals surface area contributed by atoms with Crippen LogP contribution in [0.5, 0.6) is 0 Å². The largest absolute Gasteiger partial charge is 0.443 e. The summed E-state index contributed by atoms with van der Waals surface area (Å²) in [7, 11) is 4.35. The van der Waals surface area contributed by atoms with Gasteiger partial charge in [0.25, 0.3) is 0 Å². The summed E-state index contributed by atoms with van der Waals surface area (Å²) in [6.07, 6.45) is -0.333. The molecule has 1 N–H and O–H groups in total. The highest BCUT2D eigenvalue weighted by Crippen LogP contribution is 1.93. The van der Waals surface area contributed by atoms with E-state index in [1.54, 1.807) is 0 Å². The van der Waals surface area contributed by atoms with Crippen LogP contribution in [-0.4, -0.2) is 11.4 Å². The third-order valence-electron chi connectivity index (χ3n) is 0. The lowest BCUT2D eigenvalue weighted by Crippen LogP contribution is -1.80. The molecule has 0 aromatic heterocycles. The minimum Gasteiger partial charge on any atom is -0.443 e. The minimum absolute atomic E-state index is 0.333. The second kappa shape index (κ2) is 2.14. The van der Waals surface area contributed by atoms with Crippen LogP contribution in [0.3, 0.4) is 0 Å². The van der Waals surface area contributed by atoms with Crippen molar-refractivity contribution >= 4 is 24.6 Å². The molecule has 0 spiro atoms. The van der Waals surface area contributed by atoms with Crippen molar-refractivity contribution in [2.45, 2.75) is 0 Å². The Kier molecular flexibility index (Phi) is 2.62. The van der Waals surface area contributed by atoms with E-state index in [9.17, 15) is 0 Å². The maximum atomic E-state index is 7.98. The second-order valence-corrected chi connectivity index (χ2v) is 2.63. The molecule has 24 valence electrons. The zero-order chi connectivity index (χ0) is 3.58. The van der Waals surface area contributed by atoms with E-state index in [-0.39, 0.29) is 6.35 Å². The molecule has 0 aromatic carbocycles. The fraction of sp³-hybridized carbons (Fsp3) is 0. The van der Waals surface area contributed by atoms with E-state index >= 15 is 0 Å². The van der Waals surface area contributed by atoms with Crippen molar-refractivity contribution in [1.29, 1.82) is 0 Å². The lowest BCUT2D eigenvalue weighted by Gasteiger charge is -1.72. The van der Waals surface area contributed by atoms with Crippen LogP contribution in [0.4, 0.5) is 0 Å². The van der Waals surface area contributed by atoms with Crippen molar-refractivity contribution in [1.82, 2.24) is 0 Å². The SMILES string of the molecule is OB(P)P. The summed E-state index contributed by atoms with van der Waals surface area (Å²) < 4.78 is 0. The van der Waals surface area contributed by atoms with Gasteiger partial charge in [0.1, 0.15) is 0 Å². The molecule has 1 nitrogen and oxygen atoms in total. The molecule has 0 aliphatic carbocycles. The van der Waals surface area contributed by atoms with E-state index in [2.05, 4.69) is 18.2 Å². The van der Waals surface area contributed by atoms with Crippen molar-refractivity contribution in [3.63, 3.8) is 0 Å². The van der Waals surface area contributed by atoms with Gasteiger partial charge in [0.05, 0.1) is 0 Å². The van der Waals surface area contributed by atoms with Crippen LogP contribution < -0.4 is 0 Å². The van der Waals surface area contributed by atoms with E-state index in [1.807, 2.05) is 0 Å². The van der Waals surface area contributed by atoms with Gasteiger partial charge in [0, 0.05) is 0 Å². The van der Waals surface area contributed by atoms with Crippen LogP contribution in [0, 0.1) is 0 Å². The predicted molar refractivity (Wildman–Crippen MR) is 27.4 cm³/mol. The Labute approximate surface area is 30.6 Å². The fourth-order valence-corrected chi connectivity index (χ4v) is 0. The summed E-state index contributed by atoms with van der Waals surface area (Å²) in [5, 5.41) is 7.98. The van der Waals surface area contributed by atoms with Gasteiger partial charge in [-0.2, -0.15) is 0 Å². The van der Waals surface area contributed by atoms with Gasteiger partial charge in [-0.1, -0.05) is 0 Å². The molecule has 4 heavy (non-hydrogen) atoms. The van der Waals surface area contributed by atoms with E-state index < -0.39 is 0 Å². The summed E-state index contributed by atoms with van der Waals surface area (Å²) in [5.41, 5.74) is 0. The monoisotopic (exact) mass is 94.0 g/mol. The zero-order valence-corrected chi connectivity index (χ0v) is 4.49. The Morgan fingerprint density at radius 2 is 1.50 bits per heavy atom. The summed E-state index contributed by atoms with van der Waals surface area (Å²) in [6, 6.07) is 0. The molecule has 0 amide bonds. The van der Waals surface area contributed by atoms with Crippen LogP contribution in [0.1, 0.15) is 0 Å². The molecule has 0 aliphatic heterocycles. The summed E-state index contributed by atoms with van der Waals surface area (Å²) in [6.45, 7) is 0. The molecule has 0 aromatic rings. The molecule has 2 unspecified atom stereocenters. The van der Waals surface area contributed by atoms with E-state index in [0.717, 1.165) is 0 Å². The van der Waals surface area contributed by atoms with Gasteiger partial charge >= 0.3 is 6.35 Å². The van der Waals surface area contributed by atoms with E-state index in [0.29, 0.717) is 0 Å². The number of rotatable bonds is 0. The van der Waals surface area contributed by atoms with Crippen molar-refractivity contribution in [2.24, 2.45) is 0 Å². The molecule has 0 fully saturated rings. The average Bonchev–Trinajstić information content (AvgIpc) is 0.811. The second-order valence-electron chi connectivity index (χ2n) is 0.491. The van der Waals surface area contributed by atoms with Crippen LogP contribution in [0.25, 0.3) is 0 Å². The van der Waals surface area contributed by atoms with Crippen molar-refractivity contribution in [3.8, 4) is 0 Å². The molecule has 0 bridgehead atoms. The molecule has 0 aliphatic rings. The molecule has 0 saturated heterocycles. The first-order chi connectivity index (χ1) is 1.73. The molecule has 2 atom stereocenters. The Morgan fingerprint density at radius 1 is 1.50 bits per heavy atom. The summed E-state index contributed by atoms with van der Waals surface area (Å²) in [4.78, 5) is 0. The van der Waals surface area contributed by atoms with Crippen LogP contribution in [0.15, 0.2) is 0 Å². The summed E-state index contributed by atoms with van der Waals surface area (Å²) >= 11 is 0. The van der Waals surface area contributed by atoms with Gasteiger partial charge in [-0.25, -0.2) is 0 Å². The highest BCUT2D eigenvalue weighted by atomic mass is 31.1. The first kappa shape index (κ1) is 4.88. The predicted octanol–water partition coefficient (Wildman–Crippen LogP) is -0.286. The maximum Gasteiger partial charge on any atom is 0.333 e. The number of hydrogen-bond donors (Lipinski definition) is 1. The first-order valence-electron chi connectivity index (χ1n) is 0.925. The first-order valence-corrected chi connectivity index (χ1v) is 2.26. The van der Waals surface area contributed by atoms with Gasteiger partial charge < -0.3 is 5.02 Å². The highest BCUT2D eigenvalue weighted by molar-refractivity contribution is 7.91. The van der Waals surface area contributed by atoms with Crippen LogP contribution >= 0.6 is 18.2 Å². The van der Waals surface area contributed by atoms with Gasteiger partial charge in [-0.05, 0) is 0 Å². The standard InChI is InChI=1S/BH5OP2/c2-1(3)4/h2H,3-4H2. The van der Waals surface area contributed by atoms with Gasteiger partial charge in [-0.3, -0.25) is 0 Å². The van der Waals surface area contributed by atoms with Crippen molar-refractivity contribution in [2.75, 3.05) is 0 Å². The topological polar surface area (TPSA) is 20.2 Å². The minimum atomic E-state index is -0.333. The smallest absolute Gasteiger partial charge is 0.333 e. The molecule has 0 radical (unpaired) electrons. The van der Waals surface area contributed by atoms with Crippen LogP contribution in [-0.2, 0) is 0 Å². The Balaban J connectivity index is 2.32. The third kappa shape index (κ3) is 13.1. The van der Waals surface area contributed by atoms with Crippen molar-refractivity contribution < 1.29 is 5.02 Å². The normalized spacial score (nSPS) is 6.75. The van der Waals surface area contributed by atoms with E-state index in [4.69, 9.17) is 5.02 Å². The lowest BCUT2D eigenvalue weighted by atomic mass is 10.5. The van der Waals surface area contributed by atoms with Crippen molar-refractivity contribution in [3.05, 3.63) is 0 Å². The molecular formula is H5BOP2. The van der Waals surface area contributed by atoms with Gasteiger partial charge in [0.2, 0.25) is 0 Å². The van der Waals surface area contributed by atoms with Gasteiger partial charge in [0.15, 0.2) is 0 Å². The molecule has 0 saturated carbocycles. The molecule has 0 rings (SSSR count). The molecule has 4 heteroatoms. The van der Waals surface area contributed by atoms with E-state index in [1.165, 1.54) is 0 Å². The van der Waals surface area contributed by atoms with Gasteiger partial charge in [-0.15, -0.1) is 18.2 Å². The lowest BCUT2D eigenvalue weighted by molar-refractivity contribution is 0.616. The maximum absolute atomic E-state index is 7.98. The third-order valence-corrected chi connectivity index (χ3v) is 0. The average molecular weight is 93.8 g/mol. The zero-order valence-electron chi connectivity index (χ0n) is 2.18. The summed E-state index contributed by atoms with van der Waals surface area (Å²) in [5.74, 6) is 0. The Hall–Kier alpha value is 0.885.